The fourth-order valence-electron chi connectivity index (χ4n) is 1.45. The summed E-state index contributed by atoms with van der Waals surface area (Å²) in [5, 5.41) is 17.5. The summed E-state index contributed by atoms with van der Waals surface area (Å²) in [6, 6.07) is 2.96. The zero-order chi connectivity index (χ0) is 14.5. The van der Waals surface area contributed by atoms with Crippen LogP contribution in [0.4, 0.5) is 0 Å². The van der Waals surface area contributed by atoms with Gasteiger partial charge in [0, 0.05) is 18.9 Å². The molecule has 0 saturated carbocycles. The molecule has 7 nitrogen and oxygen atoms in total. The molecule has 0 fully saturated rings. The van der Waals surface area contributed by atoms with E-state index in [-0.39, 0.29) is 17.0 Å². The number of sulfonamides is 1. The normalized spacial score (nSPS) is 11.2. The molecule has 1 heterocycles. The second-order valence-electron chi connectivity index (χ2n) is 3.75. The minimum Gasteiger partial charge on any atom is -0.480 e. The number of aliphatic carboxylic acids is 1. The third kappa shape index (κ3) is 3.74. The number of carboxylic acid groups (broad SMARTS) is 1. The van der Waals surface area contributed by atoms with Crippen LogP contribution < -0.4 is 0 Å². The second kappa shape index (κ2) is 6.26. The second-order valence-corrected chi connectivity index (χ2v) is 5.69. The lowest BCUT2D eigenvalue weighted by atomic mass is 10.3. The molecule has 0 aliphatic carbocycles. The van der Waals surface area contributed by atoms with Crippen LogP contribution in [0.1, 0.15) is 18.9 Å². The molecule has 1 aromatic heterocycles. The van der Waals surface area contributed by atoms with Crippen LogP contribution in [0.3, 0.4) is 0 Å². The van der Waals surface area contributed by atoms with E-state index >= 15 is 0 Å². The van der Waals surface area contributed by atoms with Crippen LogP contribution in [-0.2, 0) is 14.8 Å². The molecule has 0 unspecified atom stereocenters. The first-order valence-corrected chi connectivity index (χ1v) is 6.93. The highest BCUT2D eigenvalue weighted by atomic mass is 32.2. The molecule has 0 aliphatic rings. The number of aromatic nitrogens is 1. The number of carbonyl (C=O) groups is 1. The van der Waals surface area contributed by atoms with Crippen molar-refractivity contribution in [3.05, 3.63) is 24.0 Å². The molecule has 0 saturated heterocycles. The summed E-state index contributed by atoms with van der Waals surface area (Å²) in [6.45, 7) is 1.21. The van der Waals surface area contributed by atoms with Crippen molar-refractivity contribution in [3.63, 3.8) is 0 Å². The summed E-state index contributed by atoms with van der Waals surface area (Å²) in [4.78, 5) is 14.2. The van der Waals surface area contributed by atoms with Crippen molar-refractivity contribution < 1.29 is 18.3 Å². The smallest absolute Gasteiger partial charge is 0.318 e. The Morgan fingerprint density at radius 1 is 1.53 bits per heavy atom. The molecule has 19 heavy (non-hydrogen) atoms. The Bertz CT molecular complexity index is 607. The summed E-state index contributed by atoms with van der Waals surface area (Å²) in [5.74, 6) is -1.23. The van der Waals surface area contributed by atoms with E-state index in [4.69, 9.17) is 10.4 Å². The van der Waals surface area contributed by atoms with Gasteiger partial charge in [0.15, 0.2) is 0 Å². The van der Waals surface area contributed by atoms with Crippen LogP contribution in [0, 0.1) is 11.3 Å². The fourth-order valence-corrected chi connectivity index (χ4v) is 2.93. The van der Waals surface area contributed by atoms with E-state index < -0.39 is 22.5 Å². The first kappa shape index (κ1) is 15.1. The van der Waals surface area contributed by atoms with Gasteiger partial charge < -0.3 is 5.11 Å². The largest absolute Gasteiger partial charge is 0.480 e. The van der Waals surface area contributed by atoms with Gasteiger partial charge in [0.05, 0.1) is 5.56 Å². The Balaban J connectivity index is 3.18. The number of hydrogen-bond acceptors (Lipinski definition) is 5. The maximum Gasteiger partial charge on any atom is 0.318 e. The van der Waals surface area contributed by atoms with Crippen molar-refractivity contribution in [2.75, 3.05) is 13.1 Å². The summed E-state index contributed by atoms with van der Waals surface area (Å²) < 4.78 is 25.3. The first-order valence-electron chi connectivity index (χ1n) is 5.49. The molecule has 0 atom stereocenters. The molecule has 0 radical (unpaired) electrons. The maximum atomic E-state index is 12.2. The number of rotatable bonds is 6. The van der Waals surface area contributed by atoms with Crippen molar-refractivity contribution in [1.82, 2.24) is 9.29 Å². The number of nitrogens with zero attached hydrogens (tertiary/aromatic N) is 3. The van der Waals surface area contributed by atoms with Gasteiger partial charge in [0.2, 0.25) is 10.0 Å². The Morgan fingerprint density at radius 2 is 2.21 bits per heavy atom. The number of hydrogen-bond donors (Lipinski definition) is 1. The van der Waals surface area contributed by atoms with E-state index in [1.165, 1.54) is 12.3 Å². The van der Waals surface area contributed by atoms with Crippen LogP contribution in [0.5, 0.6) is 0 Å². The lowest BCUT2D eigenvalue weighted by Gasteiger charge is -2.19. The number of carboxylic acids is 1. The van der Waals surface area contributed by atoms with Crippen LogP contribution in [0.2, 0.25) is 0 Å². The maximum absolute atomic E-state index is 12.2. The van der Waals surface area contributed by atoms with Crippen LogP contribution in [0.25, 0.3) is 0 Å². The van der Waals surface area contributed by atoms with Crippen LogP contribution in [0.15, 0.2) is 23.4 Å². The van der Waals surface area contributed by atoms with E-state index in [9.17, 15) is 13.2 Å². The summed E-state index contributed by atoms with van der Waals surface area (Å²) in [5.41, 5.74) is 0.104. The standard InChI is InChI=1S/C11H13N3O4S/c1-2-3-14(8-11(15)16)19(17,18)10-4-9(5-12)6-13-7-10/h4,6-7H,2-3,8H2,1H3,(H,15,16). The molecule has 0 spiro atoms. The Hall–Kier alpha value is -1.98. The molecular weight excluding hydrogens is 270 g/mol. The topological polar surface area (TPSA) is 111 Å². The van der Waals surface area contributed by atoms with Gasteiger partial charge >= 0.3 is 5.97 Å². The zero-order valence-corrected chi connectivity index (χ0v) is 11.1. The van der Waals surface area contributed by atoms with Crippen molar-refractivity contribution in [2.45, 2.75) is 18.2 Å². The monoisotopic (exact) mass is 283 g/mol. The highest BCUT2D eigenvalue weighted by Gasteiger charge is 2.26. The Labute approximate surface area is 111 Å². The van der Waals surface area contributed by atoms with Gasteiger partial charge in [-0.05, 0) is 12.5 Å². The Morgan fingerprint density at radius 3 is 2.74 bits per heavy atom. The van der Waals surface area contributed by atoms with Gasteiger partial charge in [-0.1, -0.05) is 6.92 Å². The molecule has 0 bridgehead atoms. The lowest BCUT2D eigenvalue weighted by molar-refractivity contribution is -0.137. The van der Waals surface area contributed by atoms with Crippen LogP contribution in [-0.4, -0.2) is 41.9 Å². The average Bonchev–Trinajstić information content (AvgIpc) is 2.38. The predicted molar refractivity (Wildman–Crippen MR) is 65.6 cm³/mol. The molecule has 0 aromatic carbocycles. The van der Waals surface area contributed by atoms with E-state index in [0.717, 1.165) is 10.5 Å². The minimum absolute atomic E-state index is 0.0887. The van der Waals surface area contributed by atoms with Crippen molar-refractivity contribution >= 4 is 16.0 Å². The molecule has 1 rings (SSSR count). The number of pyridine rings is 1. The van der Waals surface area contributed by atoms with Crippen molar-refractivity contribution in [2.24, 2.45) is 0 Å². The van der Waals surface area contributed by atoms with Gasteiger partial charge in [-0.15, -0.1) is 0 Å². The third-order valence-corrected chi connectivity index (χ3v) is 4.08. The van der Waals surface area contributed by atoms with E-state index in [1.54, 1.807) is 13.0 Å². The SMILES string of the molecule is CCCN(CC(=O)O)S(=O)(=O)c1cncc(C#N)c1. The molecule has 0 aliphatic heterocycles. The average molecular weight is 283 g/mol. The van der Waals surface area contributed by atoms with Crippen molar-refractivity contribution in [3.8, 4) is 6.07 Å². The molecule has 1 N–H and O–H groups in total. The van der Waals surface area contributed by atoms with Gasteiger partial charge in [0.1, 0.15) is 17.5 Å². The predicted octanol–water partition coefficient (Wildman–Crippen LogP) is 0.439. The molecular formula is C11H13N3O4S. The third-order valence-electron chi connectivity index (χ3n) is 2.26. The first-order chi connectivity index (χ1) is 8.91. The van der Waals surface area contributed by atoms with Gasteiger partial charge in [-0.25, -0.2) is 8.42 Å². The van der Waals surface area contributed by atoms with E-state index in [0.29, 0.717) is 6.42 Å². The van der Waals surface area contributed by atoms with E-state index in [1.807, 2.05) is 0 Å². The van der Waals surface area contributed by atoms with E-state index in [2.05, 4.69) is 4.98 Å². The zero-order valence-electron chi connectivity index (χ0n) is 10.3. The minimum atomic E-state index is -3.95. The fraction of sp³-hybridized carbons (Fsp3) is 0.364. The van der Waals surface area contributed by atoms with Gasteiger partial charge in [0.25, 0.3) is 0 Å². The molecule has 0 amide bonds. The highest BCUT2D eigenvalue weighted by molar-refractivity contribution is 7.89. The molecule has 1 aromatic rings. The Kier molecular flexibility index (Phi) is 4.97. The summed E-state index contributed by atoms with van der Waals surface area (Å²) >= 11 is 0. The molecule has 102 valence electrons. The lowest BCUT2D eigenvalue weighted by Crippen LogP contribution is -2.36. The summed E-state index contributed by atoms with van der Waals surface area (Å²) in [6.07, 6.45) is 2.82. The van der Waals surface area contributed by atoms with Crippen molar-refractivity contribution in [1.29, 1.82) is 5.26 Å². The quantitative estimate of drug-likeness (QED) is 0.810. The van der Waals surface area contributed by atoms with Gasteiger partial charge in [-0.3, -0.25) is 9.78 Å². The van der Waals surface area contributed by atoms with Crippen LogP contribution >= 0.6 is 0 Å². The highest BCUT2D eigenvalue weighted by Crippen LogP contribution is 2.16. The molecule has 8 heteroatoms. The number of nitriles is 1. The summed E-state index contributed by atoms with van der Waals surface area (Å²) in [7, 11) is -3.95. The van der Waals surface area contributed by atoms with Gasteiger partial charge in [-0.2, -0.15) is 9.57 Å².